The van der Waals surface area contributed by atoms with Crippen molar-refractivity contribution in [2.45, 2.75) is 0 Å². The third-order valence-electron chi connectivity index (χ3n) is 0.604. The molecule has 4 heteroatoms. The molecule has 4 N–H and O–H groups in total. The van der Waals surface area contributed by atoms with E-state index in [4.69, 9.17) is 0 Å². The minimum atomic E-state index is 0.826. The Labute approximate surface area is 36.2 Å². The molecule has 0 spiro atoms. The number of rotatable bonds is 0. The van der Waals surface area contributed by atoms with E-state index in [1.165, 1.54) is 0 Å². The van der Waals surface area contributed by atoms with Gasteiger partial charge >= 0.3 is 0 Å². The minimum absolute atomic E-state index is 0.826. The van der Waals surface area contributed by atoms with E-state index in [0.29, 0.717) is 0 Å². The minimum Gasteiger partial charge on any atom is -0.290 e. The monoisotopic (exact) mass is 88.1 g/mol. The number of nitrogens with one attached hydrogen (secondary N) is 4. The Morgan fingerprint density at radius 3 is 1.83 bits per heavy atom. The first-order chi connectivity index (χ1) is 3.00. The average molecular weight is 88.1 g/mol. The van der Waals surface area contributed by atoms with Gasteiger partial charge in [-0.25, -0.2) is 10.9 Å². The lowest BCUT2D eigenvalue weighted by Gasteiger charge is -2.14. The number of hydrogen-bond acceptors (Lipinski definition) is 4. The fourth-order valence-corrected chi connectivity index (χ4v) is 0.338. The summed E-state index contributed by atoms with van der Waals surface area (Å²) >= 11 is 0. The first-order valence-corrected chi connectivity index (χ1v) is 1.91. The van der Waals surface area contributed by atoms with Gasteiger partial charge in [0, 0.05) is 0 Å². The molecule has 0 radical (unpaired) electrons. The normalized spacial score (nSPS) is 24.0. The highest BCUT2D eigenvalue weighted by atomic mass is 15.6. The summed E-state index contributed by atoms with van der Waals surface area (Å²) in [5.41, 5.74) is 8.35. The molecule has 0 unspecified atom stereocenters. The Morgan fingerprint density at radius 2 is 1.67 bits per heavy atom. The summed E-state index contributed by atoms with van der Waals surface area (Å²) in [4.78, 5) is 0. The van der Waals surface area contributed by atoms with Crippen LogP contribution in [0.2, 0.25) is 0 Å². The Bertz CT molecular complexity index is 21.0. The van der Waals surface area contributed by atoms with Gasteiger partial charge in [0.05, 0.1) is 13.3 Å². The largest absolute Gasteiger partial charge is 0.290 e. The van der Waals surface area contributed by atoms with Crippen LogP contribution in [0.15, 0.2) is 0 Å². The Hall–Kier alpha value is -0.160. The Morgan fingerprint density at radius 1 is 1.00 bits per heavy atom. The molecule has 36 valence electrons. The van der Waals surface area contributed by atoms with Gasteiger partial charge in [-0.15, -0.1) is 0 Å². The van der Waals surface area contributed by atoms with Crippen molar-refractivity contribution in [2.75, 3.05) is 13.3 Å². The third kappa shape index (κ3) is 0.908. The summed E-state index contributed by atoms with van der Waals surface area (Å²) in [7, 11) is 0. The maximum absolute atomic E-state index is 3.00. The molecule has 0 atom stereocenters. The van der Waals surface area contributed by atoms with Crippen LogP contribution in [0, 0.1) is 0 Å². The van der Waals surface area contributed by atoms with Gasteiger partial charge in [-0.1, -0.05) is 0 Å². The zero-order valence-electron chi connectivity index (χ0n) is 3.41. The van der Waals surface area contributed by atoms with Crippen LogP contribution in [0.3, 0.4) is 0 Å². The average Bonchev–Trinajstić information content (AvgIpc) is 1.72. The maximum atomic E-state index is 3.00. The van der Waals surface area contributed by atoms with Crippen LogP contribution >= 0.6 is 0 Å². The lowest BCUT2D eigenvalue weighted by atomic mass is 10.9. The van der Waals surface area contributed by atoms with Crippen LogP contribution in [0.1, 0.15) is 0 Å². The first-order valence-electron chi connectivity index (χ1n) is 1.91. The van der Waals surface area contributed by atoms with Crippen molar-refractivity contribution in [3.05, 3.63) is 0 Å². The van der Waals surface area contributed by atoms with Crippen molar-refractivity contribution in [1.29, 1.82) is 0 Å². The third-order valence-corrected chi connectivity index (χ3v) is 0.604. The van der Waals surface area contributed by atoms with E-state index in [0.717, 1.165) is 13.3 Å². The zero-order valence-corrected chi connectivity index (χ0v) is 3.41. The second kappa shape index (κ2) is 2.09. The fraction of sp³-hybridized carbons (Fsp3) is 1.00. The SMILES string of the molecule is C1NCNNN1. The van der Waals surface area contributed by atoms with Crippen LogP contribution < -0.4 is 21.7 Å². The van der Waals surface area contributed by atoms with Crippen LogP contribution in [0.4, 0.5) is 0 Å². The Balaban J connectivity index is 2.00. The molecular formula is C2H8N4. The molecule has 1 aliphatic heterocycles. The van der Waals surface area contributed by atoms with E-state index in [1.54, 1.807) is 0 Å². The zero-order chi connectivity index (χ0) is 4.24. The highest BCUT2D eigenvalue weighted by Gasteiger charge is 1.87. The second-order valence-electron chi connectivity index (χ2n) is 1.08. The van der Waals surface area contributed by atoms with Crippen molar-refractivity contribution in [3.8, 4) is 0 Å². The van der Waals surface area contributed by atoms with Gasteiger partial charge in [0.2, 0.25) is 0 Å². The molecule has 0 saturated carbocycles. The smallest absolute Gasteiger partial charge is 0.0613 e. The summed E-state index contributed by atoms with van der Waals surface area (Å²) in [6.45, 7) is 1.65. The Kier molecular flexibility index (Phi) is 1.40. The van der Waals surface area contributed by atoms with Gasteiger partial charge in [-0.2, -0.15) is 5.53 Å². The van der Waals surface area contributed by atoms with Crippen LogP contribution in [-0.2, 0) is 0 Å². The van der Waals surface area contributed by atoms with Crippen LogP contribution in [0.5, 0.6) is 0 Å². The fourth-order valence-electron chi connectivity index (χ4n) is 0.338. The molecule has 4 nitrogen and oxygen atoms in total. The molecule has 1 saturated heterocycles. The lowest BCUT2D eigenvalue weighted by Crippen LogP contribution is -2.56. The second-order valence-corrected chi connectivity index (χ2v) is 1.08. The predicted molar refractivity (Wildman–Crippen MR) is 22.3 cm³/mol. The molecule has 1 rings (SSSR count). The molecule has 0 bridgehead atoms. The maximum Gasteiger partial charge on any atom is 0.0613 e. The van der Waals surface area contributed by atoms with Gasteiger partial charge in [-0.05, 0) is 0 Å². The molecule has 0 aromatic heterocycles. The molecule has 1 aliphatic rings. The molecule has 0 aromatic rings. The van der Waals surface area contributed by atoms with Crippen molar-refractivity contribution in [2.24, 2.45) is 0 Å². The highest BCUT2D eigenvalue weighted by molar-refractivity contribution is 4.40. The van der Waals surface area contributed by atoms with E-state index < -0.39 is 0 Å². The molecule has 6 heavy (non-hydrogen) atoms. The van der Waals surface area contributed by atoms with Crippen molar-refractivity contribution >= 4 is 0 Å². The summed E-state index contributed by atoms with van der Waals surface area (Å²) in [6, 6.07) is 0. The summed E-state index contributed by atoms with van der Waals surface area (Å²) in [6.07, 6.45) is 0. The number of hydrogen-bond donors (Lipinski definition) is 4. The van der Waals surface area contributed by atoms with Crippen molar-refractivity contribution < 1.29 is 0 Å². The van der Waals surface area contributed by atoms with Crippen molar-refractivity contribution in [1.82, 2.24) is 21.7 Å². The summed E-state index contributed by atoms with van der Waals surface area (Å²) < 4.78 is 0. The van der Waals surface area contributed by atoms with Gasteiger partial charge in [0.25, 0.3) is 0 Å². The van der Waals surface area contributed by atoms with Gasteiger partial charge in [-0.3, -0.25) is 5.32 Å². The first kappa shape index (κ1) is 4.01. The van der Waals surface area contributed by atoms with Crippen LogP contribution in [-0.4, -0.2) is 13.3 Å². The van der Waals surface area contributed by atoms with Gasteiger partial charge < -0.3 is 0 Å². The molecule has 0 aliphatic carbocycles. The van der Waals surface area contributed by atoms with E-state index in [9.17, 15) is 0 Å². The van der Waals surface area contributed by atoms with Crippen molar-refractivity contribution in [3.63, 3.8) is 0 Å². The van der Waals surface area contributed by atoms with Gasteiger partial charge in [0.1, 0.15) is 0 Å². The summed E-state index contributed by atoms with van der Waals surface area (Å²) in [5, 5.41) is 3.00. The predicted octanol–water partition coefficient (Wildman–Crippen LogP) is -1.90. The highest BCUT2D eigenvalue weighted by Crippen LogP contribution is 1.49. The lowest BCUT2D eigenvalue weighted by molar-refractivity contribution is 0.335. The molecule has 1 heterocycles. The van der Waals surface area contributed by atoms with Crippen LogP contribution in [0.25, 0.3) is 0 Å². The molecule has 0 amide bonds. The van der Waals surface area contributed by atoms with E-state index in [1.807, 2.05) is 0 Å². The quantitative estimate of drug-likeness (QED) is 0.279. The van der Waals surface area contributed by atoms with E-state index >= 15 is 0 Å². The number of hydrazine groups is 2. The molecule has 0 aromatic carbocycles. The molecule has 1 fully saturated rings. The molecular weight excluding hydrogens is 80.0 g/mol. The van der Waals surface area contributed by atoms with E-state index in [-0.39, 0.29) is 0 Å². The van der Waals surface area contributed by atoms with Gasteiger partial charge in [0.15, 0.2) is 0 Å². The topological polar surface area (TPSA) is 48.1 Å². The van der Waals surface area contributed by atoms with E-state index in [2.05, 4.69) is 21.7 Å². The standard InChI is InChI=1S/C2H8N4/c1-3-2-5-6-4-1/h3-6H,1-2H2. The summed E-state index contributed by atoms with van der Waals surface area (Å²) in [5.74, 6) is 0.